The van der Waals surface area contributed by atoms with Crippen LogP contribution in [0.25, 0.3) is 0 Å². The summed E-state index contributed by atoms with van der Waals surface area (Å²) in [5, 5.41) is 3.33. The first-order chi connectivity index (χ1) is 19.5. The van der Waals surface area contributed by atoms with E-state index < -0.39 is 0 Å². The van der Waals surface area contributed by atoms with E-state index in [9.17, 15) is 14.0 Å². The summed E-state index contributed by atoms with van der Waals surface area (Å²) in [6.45, 7) is 6.55. The standard InChI is InChI=1S/C32H40FN5O2/c33-27-10-6-24(7-11-27)31(39)35-30-21-26-5-4-23(22-36-16-2-1-3-17-36)20-29(26)38(30)28-12-8-25(9-13-28)32(40)37-18-14-34-15-19-37/h4-7,10-11,20,25,28,34H,1-3,8-9,12-19,21-22H2. The third-order valence-electron chi connectivity index (χ3n) is 9.05. The summed E-state index contributed by atoms with van der Waals surface area (Å²) >= 11 is 0. The van der Waals surface area contributed by atoms with Crippen LogP contribution in [-0.2, 0) is 17.8 Å². The Morgan fingerprint density at radius 3 is 2.35 bits per heavy atom. The number of hydrogen-bond acceptors (Lipinski definition) is 4. The number of hydrogen-bond donors (Lipinski definition) is 1. The number of carbonyl (C=O) groups excluding carboxylic acids is 2. The Bertz CT molecular complexity index is 1240. The van der Waals surface area contributed by atoms with Crippen molar-refractivity contribution in [2.75, 3.05) is 44.2 Å². The Morgan fingerprint density at radius 1 is 0.900 bits per heavy atom. The lowest BCUT2D eigenvalue weighted by molar-refractivity contribution is -0.137. The molecular formula is C32H40FN5O2. The summed E-state index contributed by atoms with van der Waals surface area (Å²) in [6.07, 6.45) is 7.93. The number of amidine groups is 1. The van der Waals surface area contributed by atoms with Gasteiger partial charge in [-0.15, -0.1) is 0 Å². The van der Waals surface area contributed by atoms with Crippen molar-refractivity contribution < 1.29 is 14.0 Å². The Kier molecular flexibility index (Phi) is 8.25. The van der Waals surface area contributed by atoms with Gasteiger partial charge in [0, 0.05) is 62.4 Å². The van der Waals surface area contributed by atoms with Crippen molar-refractivity contribution in [3.8, 4) is 0 Å². The van der Waals surface area contributed by atoms with Crippen LogP contribution >= 0.6 is 0 Å². The van der Waals surface area contributed by atoms with Gasteiger partial charge in [0.25, 0.3) is 5.91 Å². The van der Waals surface area contributed by atoms with Gasteiger partial charge in [-0.05, 0) is 93.1 Å². The van der Waals surface area contributed by atoms with Crippen LogP contribution in [0.4, 0.5) is 10.1 Å². The molecule has 1 aliphatic carbocycles. The molecule has 2 amide bonds. The number of fused-ring (bicyclic) bond motifs is 1. The molecule has 8 heteroatoms. The third kappa shape index (κ3) is 5.98. The minimum absolute atomic E-state index is 0.0723. The third-order valence-corrected chi connectivity index (χ3v) is 9.05. The fourth-order valence-electron chi connectivity index (χ4n) is 6.85. The number of likely N-dealkylation sites (tertiary alicyclic amines) is 1. The van der Waals surface area contributed by atoms with Crippen LogP contribution in [0.5, 0.6) is 0 Å². The van der Waals surface area contributed by atoms with E-state index in [0.29, 0.717) is 17.9 Å². The van der Waals surface area contributed by atoms with E-state index >= 15 is 0 Å². The van der Waals surface area contributed by atoms with Crippen molar-refractivity contribution in [2.45, 2.75) is 64.0 Å². The molecule has 2 aromatic rings. The molecule has 3 aliphatic heterocycles. The summed E-state index contributed by atoms with van der Waals surface area (Å²) < 4.78 is 13.5. The highest BCUT2D eigenvalue weighted by atomic mass is 19.1. The van der Waals surface area contributed by atoms with E-state index in [1.54, 1.807) is 0 Å². The van der Waals surface area contributed by atoms with Crippen molar-refractivity contribution in [2.24, 2.45) is 10.9 Å². The second kappa shape index (κ2) is 12.2. The number of nitrogens with one attached hydrogen (secondary N) is 1. The van der Waals surface area contributed by atoms with Gasteiger partial charge in [-0.2, -0.15) is 4.99 Å². The summed E-state index contributed by atoms with van der Waals surface area (Å²) in [4.78, 5) is 37.8. The van der Waals surface area contributed by atoms with Crippen molar-refractivity contribution in [3.63, 3.8) is 0 Å². The van der Waals surface area contributed by atoms with Crippen LogP contribution in [0.3, 0.4) is 0 Å². The number of aliphatic imine (C=N–C) groups is 1. The molecule has 40 heavy (non-hydrogen) atoms. The van der Waals surface area contributed by atoms with Crippen LogP contribution in [0, 0.1) is 11.7 Å². The van der Waals surface area contributed by atoms with Gasteiger partial charge in [0.1, 0.15) is 11.7 Å². The van der Waals surface area contributed by atoms with E-state index in [1.807, 2.05) is 4.90 Å². The fraction of sp³-hybridized carbons (Fsp3) is 0.531. The number of nitrogens with zero attached hydrogens (tertiary/aromatic N) is 4. The second-order valence-corrected chi connectivity index (χ2v) is 11.8. The molecule has 2 saturated heterocycles. The van der Waals surface area contributed by atoms with Gasteiger partial charge in [-0.3, -0.25) is 14.5 Å². The molecule has 0 unspecified atom stereocenters. The Labute approximate surface area is 236 Å². The lowest BCUT2D eigenvalue weighted by Crippen LogP contribution is -2.49. The summed E-state index contributed by atoms with van der Waals surface area (Å²) in [7, 11) is 0. The smallest absolute Gasteiger partial charge is 0.278 e. The summed E-state index contributed by atoms with van der Waals surface area (Å²) in [5.41, 5.74) is 4.02. The van der Waals surface area contributed by atoms with Gasteiger partial charge in [-0.25, -0.2) is 4.39 Å². The van der Waals surface area contributed by atoms with Crippen LogP contribution in [-0.4, -0.2) is 72.8 Å². The minimum Gasteiger partial charge on any atom is -0.340 e. The number of anilines is 1. The first kappa shape index (κ1) is 27.1. The van der Waals surface area contributed by atoms with E-state index in [0.717, 1.165) is 83.0 Å². The van der Waals surface area contributed by atoms with Gasteiger partial charge >= 0.3 is 0 Å². The first-order valence-electron chi connectivity index (χ1n) is 15.1. The van der Waals surface area contributed by atoms with Gasteiger partial charge < -0.3 is 15.1 Å². The Morgan fingerprint density at radius 2 is 1.62 bits per heavy atom. The maximum atomic E-state index is 13.5. The van der Waals surface area contributed by atoms with Crippen molar-refractivity contribution in [1.29, 1.82) is 0 Å². The molecule has 0 spiro atoms. The van der Waals surface area contributed by atoms with E-state index in [1.165, 1.54) is 54.7 Å². The highest BCUT2D eigenvalue weighted by molar-refractivity contribution is 6.12. The number of rotatable bonds is 5. The predicted octanol–water partition coefficient (Wildman–Crippen LogP) is 4.40. The van der Waals surface area contributed by atoms with Gasteiger partial charge in [0.15, 0.2) is 0 Å². The molecule has 0 atom stereocenters. The number of carbonyl (C=O) groups is 2. The number of amides is 2. The lowest BCUT2D eigenvalue weighted by Gasteiger charge is -2.38. The van der Waals surface area contributed by atoms with Crippen LogP contribution in [0.15, 0.2) is 47.5 Å². The second-order valence-electron chi connectivity index (χ2n) is 11.8. The summed E-state index contributed by atoms with van der Waals surface area (Å²) in [5.74, 6) is 0.418. The Hall–Kier alpha value is -3.10. The van der Waals surface area contributed by atoms with Crippen molar-refractivity contribution in [1.82, 2.24) is 15.1 Å². The molecule has 1 saturated carbocycles. The lowest BCUT2D eigenvalue weighted by atomic mass is 9.84. The van der Waals surface area contributed by atoms with Crippen LogP contribution in [0.1, 0.15) is 66.4 Å². The zero-order chi connectivity index (χ0) is 27.5. The molecule has 0 aromatic heterocycles. The molecular weight excluding hydrogens is 505 g/mol. The molecule has 4 aliphatic rings. The SMILES string of the molecule is O=C(N=C1Cc2ccc(CN3CCCCC3)cc2N1C1CCC(C(=O)N2CCNCC2)CC1)c1ccc(F)cc1. The maximum absolute atomic E-state index is 13.5. The van der Waals surface area contributed by atoms with Crippen LogP contribution < -0.4 is 10.2 Å². The quantitative estimate of drug-likeness (QED) is 0.603. The molecule has 1 N–H and O–H groups in total. The van der Waals surface area contributed by atoms with Crippen molar-refractivity contribution >= 4 is 23.3 Å². The zero-order valence-electron chi connectivity index (χ0n) is 23.3. The predicted molar refractivity (Wildman–Crippen MR) is 155 cm³/mol. The van der Waals surface area contributed by atoms with E-state index in [2.05, 4.69) is 38.3 Å². The highest BCUT2D eigenvalue weighted by Crippen LogP contribution is 2.38. The molecule has 2 aromatic carbocycles. The Balaban J connectivity index is 1.23. The molecule has 0 bridgehead atoms. The normalized spacial score (nSPS) is 24.8. The average Bonchev–Trinajstić information content (AvgIpc) is 3.35. The maximum Gasteiger partial charge on any atom is 0.278 e. The van der Waals surface area contributed by atoms with Gasteiger partial charge in [0.05, 0.1) is 0 Å². The molecule has 0 radical (unpaired) electrons. The molecule has 3 heterocycles. The topological polar surface area (TPSA) is 68.2 Å². The highest BCUT2D eigenvalue weighted by Gasteiger charge is 2.37. The van der Waals surface area contributed by atoms with E-state index in [4.69, 9.17) is 0 Å². The number of piperazine rings is 1. The monoisotopic (exact) mass is 545 g/mol. The zero-order valence-corrected chi connectivity index (χ0v) is 23.3. The van der Waals surface area contributed by atoms with Crippen molar-refractivity contribution in [3.05, 3.63) is 65.0 Å². The number of benzene rings is 2. The molecule has 6 rings (SSSR count). The molecule has 3 fully saturated rings. The van der Waals surface area contributed by atoms with Crippen LogP contribution in [0.2, 0.25) is 0 Å². The molecule has 7 nitrogen and oxygen atoms in total. The fourth-order valence-corrected chi connectivity index (χ4v) is 6.85. The minimum atomic E-state index is -0.368. The van der Waals surface area contributed by atoms with Gasteiger partial charge in [0.2, 0.25) is 5.91 Å². The van der Waals surface area contributed by atoms with E-state index in [-0.39, 0.29) is 23.7 Å². The number of halogens is 1. The number of piperidine rings is 1. The van der Waals surface area contributed by atoms with Gasteiger partial charge in [-0.1, -0.05) is 18.6 Å². The first-order valence-corrected chi connectivity index (χ1v) is 15.1. The summed E-state index contributed by atoms with van der Waals surface area (Å²) in [6, 6.07) is 12.5. The average molecular weight is 546 g/mol. The molecule has 212 valence electrons. The largest absolute Gasteiger partial charge is 0.340 e.